The normalized spacial score (nSPS) is 16.7. The predicted molar refractivity (Wildman–Crippen MR) is 108 cm³/mol. The molecule has 1 aromatic carbocycles. The highest BCUT2D eigenvalue weighted by molar-refractivity contribution is 5.77. The van der Waals surface area contributed by atoms with Gasteiger partial charge in [-0.25, -0.2) is 0 Å². The third-order valence-corrected chi connectivity index (χ3v) is 4.90. The van der Waals surface area contributed by atoms with Gasteiger partial charge in [-0.1, -0.05) is 18.2 Å². The monoisotopic (exact) mass is 398 g/mol. The molecular weight excluding hydrogens is 372 g/mol. The average molecular weight is 398 g/mol. The number of morpholine rings is 1. The zero-order valence-corrected chi connectivity index (χ0v) is 16.4. The summed E-state index contributed by atoms with van der Waals surface area (Å²) in [4.78, 5) is 30.3. The van der Waals surface area contributed by atoms with Crippen LogP contribution in [0, 0.1) is 0 Å². The first-order valence-corrected chi connectivity index (χ1v) is 10.0. The number of amides is 1. The Labute approximate surface area is 170 Å². The molecule has 2 aliphatic rings. The fourth-order valence-corrected chi connectivity index (χ4v) is 3.33. The lowest BCUT2D eigenvalue weighted by Gasteiger charge is -2.28. The van der Waals surface area contributed by atoms with Crippen LogP contribution >= 0.6 is 0 Å². The summed E-state index contributed by atoms with van der Waals surface area (Å²) in [7, 11) is 0. The molecule has 1 aromatic heterocycles. The summed E-state index contributed by atoms with van der Waals surface area (Å²) in [5, 5.41) is 2.84. The number of aromatic nitrogens is 3. The Balaban J connectivity index is 1.41. The number of carbonyl (C=O) groups excluding carboxylic acids is 1. The molecule has 0 spiro atoms. The van der Waals surface area contributed by atoms with Crippen LogP contribution in [0.4, 0.5) is 11.9 Å². The van der Waals surface area contributed by atoms with Gasteiger partial charge in [-0.2, -0.15) is 15.0 Å². The SMILES string of the molecule is O=C(COc1ccccc1)NCc1nc(N2CCCC2)nc(N2CCOCC2)n1. The molecule has 0 radical (unpaired) electrons. The standard InChI is InChI=1S/C20H26N6O3/c27-18(15-29-16-6-2-1-3-7-16)21-14-17-22-19(25-8-4-5-9-25)24-20(23-17)26-10-12-28-13-11-26/h1-3,6-7H,4-5,8-15H2,(H,21,27). The topological polar surface area (TPSA) is 92.7 Å². The summed E-state index contributed by atoms with van der Waals surface area (Å²) >= 11 is 0. The van der Waals surface area contributed by atoms with Crippen LogP contribution in [0.25, 0.3) is 0 Å². The van der Waals surface area contributed by atoms with Crippen LogP contribution in [-0.2, 0) is 16.1 Å². The van der Waals surface area contributed by atoms with Gasteiger partial charge in [0.15, 0.2) is 12.4 Å². The number of ether oxygens (including phenoxy) is 2. The third kappa shape index (κ3) is 5.32. The first-order chi connectivity index (χ1) is 14.3. The molecule has 2 aromatic rings. The number of nitrogens with one attached hydrogen (secondary N) is 1. The van der Waals surface area contributed by atoms with Crippen molar-refractivity contribution in [2.75, 3.05) is 55.8 Å². The van der Waals surface area contributed by atoms with Gasteiger partial charge < -0.3 is 24.6 Å². The van der Waals surface area contributed by atoms with Crippen molar-refractivity contribution in [2.45, 2.75) is 19.4 Å². The Hall–Kier alpha value is -2.94. The number of anilines is 2. The lowest BCUT2D eigenvalue weighted by molar-refractivity contribution is -0.123. The minimum Gasteiger partial charge on any atom is -0.484 e. The molecule has 154 valence electrons. The summed E-state index contributed by atoms with van der Waals surface area (Å²) in [6.07, 6.45) is 2.28. The van der Waals surface area contributed by atoms with E-state index in [1.165, 1.54) is 0 Å². The number of hydrogen-bond donors (Lipinski definition) is 1. The maximum Gasteiger partial charge on any atom is 0.258 e. The Kier molecular flexibility index (Phi) is 6.35. The van der Waals surface area contributed by atoms with E-state index in [1.54, 1.807) is 0 Å². The Morgan fingerprint density at radius 1 is 0.966 bits per heavy atom. The molecule has 0 bridgehead atoms. The molecule has 1 amide bonds. The zero-order chi connectivity index (χ0) is 19.9. The number of para-hydroxylation sites is 1. The van der Waals surface area contributed by atoms with Crippen LogP contribution in [-0.4, -0.2) is 66.9 Å². The quantitative estimate of drug-likeness (QED) is 0.739. The van der Waals surface area contributed by atoms with Gasteiger partial charge in [0.1, 0.15) is 5.75 Å². The number of benzene rings is 1. The molecule has 2 saturated heterocycles. The first-order valence-electron chi connectivity index (χ1n) is 10.0. The molecule has 9 nitrogen and oxygen atoms in total. The van der Waals surface area contributed by atoms with E-state index < -0.39 is 0 Å². The second kappa shape index (κ2) is 9.51. The van der Waals surface area contributed by atoms with Crippen LogP contribution in [0.15, 0.2) is 30.3 Å². The van der Waals surface area contributed by atoms with Gasteiger partial charge in [-0.05, 0) is 25.0 Å². The van der Waals surface area contributed by atoms with Crippen molar-refractivity contribution >= 4 is 17.8 Å². The lowest BCUT2D eigenvalue weighted by Crippen LogP contribution is -2.38. The Morgan fingerprint density at radius 3 is 2.31 bits per heavy atom. The summed E-state index contributed by atoms with van der Waals surface area (Å²) < 4.78 is 10.9. The molecule has 4 rings (SSSR count). The summed E-state index contributed by atoms with van der Waals surface area (Å²) in [5.41, 5.74) is 0. The van der Waals surface area contributed by atoms with E-state index in [1.807, 2.05) is 30.3 Å². The maximum atomic E-state index is 12.2. The number of nitrogens with zero attached hydrogens (tertiary/aromatic N) is 5. The van der Waals surface area contributed by atoms with E-state index in [2.05, 4.69) is 30.1 Å². The second-order valence-electron chi connectivity index (χ2n) is 7.02. The highest BCUT2D eigenvalue weighted by Gasteiger charge is 2.21. The van der Waals surface area contributed by atoms with Gasteiger partial charge in [-0.3, -0.25) is 4.79 Å². The molecule has 0 saturated carbocycles. The van der Waals surface area contributed by atoms with Crippen molar-refractivity contribution in [1.29, 1.82) is 0 Å². The van der Waals surface area contributed by atoms with Gasteiger partial charge in [0, 0.05) is 26.2 Å². The molecule has 29 heavy (non-hydrogen) atoms. The second-order valence-corrected chi connectivity index (χ2v) is 7.02. The van der Waals surface area contributed by atoms with E-state index in [4.69, 9.17) is 9.47 Å². The van der Waals surface area contributed by atoms with Gasteiger partial charge in [0.05, 0.1) is 19.8 Å². The highest BCUT2D eigenvalue weighted by atomic mass is 16.5. The van der Waals surface area contributed by atoms with E-state index in [9.17, 15) is 4.79 Å². The average Bonchev–Trinajstić information content (AvgIpc) is 3.32. The van der Waals surface area contributed by atoms with E-state index >= 15 is 0 Å². The zero-order valence-electron chi connectivity index (χ0n) is 16.4. The van der Waals surface area contributed by atoms with E-state index in [-0.39, 0.29) is 19.1 Å². The number of rotatable bonds is 7. The van der Waals surface area contributed by atoms with Crippen LogP contribution < -0.4 is 19.9 Å². The van der Waals surface area contributed by atoms with Crippen LogP contribution in [0.5, 0.6) is 5.75 Å². The van der Waals surface area contributed by atoms with Crippen molar-refractivity contribution in [2.24, 2.45) is 0 Å². The fourth-order valence-electron chi connectivity index (χ4n) is 3.33. The molecule has 9 heteroatoms. The van der Waals surface area contributed by atoms with Gasteiger partial charge in [0.25, 0.3) is 5.91 Å². The molecule has 2 aliphatic heterocycles. The largest absolute Gasteiger partial charge is 0.484 e. The maximum absolute atomic E-state index is 12.2. The summed E-state index contributed by atoms with van der Waals surface area (Å²) in [5.74, 6) is 2.33. The first kappa shape index (κ1) is 19.4. The predicted octanol–water partition coefficient (Wildman–Crippen LogP) is 1.00. The van der Waals surface area contributed by atoms with Gasteiger partial charge in [-0.15, -0.1) is 0 Å². The molecule has 1 N–H and O–H groups in total. The number of hydrogen-bond acceptors (Lipinski definition) is 8. The molecular formula is C20H26N6O3. The van der Waals surface area contributed by atoms with Gasteiger partial charge >= 0.3 is 0 Å². The minimum absolute atomic E-state index is 0.0512. The summed E-state index contributed by atoms with van der Waals surface area (Å²) in [6.45, 7) is 4.90. The Morgan fingerprint density at radius 2 is 1.62 bits per heavy atom. The Bertz CT molecular complexity index is 807. The molecule has 0 unspecified atom stereocenters. The molecule has 0 atom stereocenters. The number of carbonyl (C=O) groups is 1. The minimum atomic E-state index is -0.218. The van der Waals surface area contributed by atoms with Crippen LogP contribution in [0.3, 0.4) is 0 Å². The molecule has 3 heterocycles. The molecule has 2 fully saturated rings. The van der Waals surface area contributed by atoms with Crippen molar-refractivity contribution in [3.63, 3.8) is 0 Å². The van der Waals surface area contributed by atoms with Crippen molar-refractivity contribution in [3.05, 3.63) is 36.2 Å². The van der Waals surface area contributed by atoms with Gasteiger partial charge in [0.2, 0.25) is 11.9 Å². The third-order valence-electron chi connectivity index (χ3n) is 4.90. The fraction of sp³-hybridized carbons (Fsp3) is 0.500. The smallest absolute Gasteiger partial charge is 0.258 e. The van der Waals surface area contributed by atoms with Crippen LogP contribution in [0.2, 0.25) is 0 Å². The summed E-state index contributed by atoms with van der Waals surface area (Å²) in [6, 6.07) is 9.26. The van der Waals surface area contributed by atoms with Crippen molar-refractivity contribution in [1.82, 2.24) is 20.3 Å². The van der Waals surface area contributed by atoms with Crippen molar-refractivity contribution in [3.8, 4) is 5.75 Å². The van der Waals surface area contributed by atoms with Crippen molar-refractivity contribution < 1.29 is 14.3 Å². The molecule has 0 aliphatic carbocycles. The highest BCUT2D eigenvalue weighted by Crippen LogP contribution is 2.19. The van der Waals surface area contributed by atoms with E-state index in [0.29, 0.717) is 36.7 Å². The lowest BCUT2D eigenvalue weighted by atomic mass is 10.3. The van der Waals surface area contributed by atoms with Crippen LogP contribution in [0.1, 0.15) is 18.7 Å². The van der Waals surface area contributed by atoms with E-state index in [0.717, 1.165) is 39.0 Å².